The van der Waals surface area contributed by atoms with Gasteiger partial charge in [-0.05, 0) is 31.9 Å². The molecule has 2 atom stereocenters. The second-order valence-corrected chi connectivity index (χ2v) is 7.88. The summed E-state index contributed by atoms with van der Waals surface area (Å²) >= 11 is -1.36. The Morgan fingerprint density at radius 2 is 1.90 bits per heavy atom. The Morgan fingerprint density at radius 3 is 2.43 bits per heavy atom. The standard InChI is InChI=1S/C15H20F3NOS/c1-11(10-19-21(20)14(2,3)4)13-7-5-6-12(8-13)9-15(16,17)18/h5-8,10-11H,9H2,1-4H3/b19-10-/t11?,21-/m1/s1. The maximum Gasteiger partial charge on any atom is 0.393 e. The lowest BCUT2D eigenvalue weighted by molar-refractivity contribution is -0.127. The Kier molecular flexibility index (Phi) is 5.87. The number of hydrogen-bond acceptors (Lipinski definition) is 2. The van der Waals surface area contributed by atoms with Crippen molar-refractivity contribution in [2.24, 2.45) is 4.40 Å². The van der Waals surface area contributed by atoms with Gasteiger partial charge in [0.15, 0.2) is 0 Å². The van der Waals surface area contributed by atoms with E-state index in [-0.39, 0.29) is 11.5 Å². The van der Waals surface area contributed by atoms with Crippen molar-refractivity contribution >= 4 is 17.6 Å². The van der Waals surface area contributed by atoms with E-state index < -0.39 is 28.7 Å². The number of halogens is 3. The molecule has 0 aromatic heterocycles. The van der Waals surface area contributed by atoms with Gasteiger partial charge in [0.1, 0.15) is 16.1 Å². The lowest BCUT2D eigenvalue weighted by Gasteiger charge is -2.18. The third-order valence-corrected chi connectivity index (χ3v) is 4.15. The highest BCUT2D eigenvalue weighted by molar-refractivity contribution is 7.91. The molecule has 0 spiro atoms. The van der Waals surface area contributed by atoms with E-state index in [0.29, 0.717) is 0 Å². The van der Waals surface area contributed by atoms with Gasteiger partial charge in [-0.1, -0.05) is 35.6 Å². The lowest BCUT2D eigenvalue weighted by atomic mass is 9.99. The minimum atomic E-state index is -4.22. The molecular formula is C15H20F3NOS. The van der Waals surface area contributed by atoms with E-state index in [1.54, 1.807) is 12.1 Å². The van der Waals surface area contributed by atoms with Crippen molar-refractivity contribution in [3.8, 4) is 0 Å². The highest BCUT2D eigenvalue weighted by Crippen LogP contribution is 2.24. The molecule has 0 aliphatic heterocycles. The van der Waals surface area contributed by atoms with Crippen molar-refractivity contribution in [1.82, 2.24) is 0 Å². The number of alkyl halides is 3. The minimum absolute atomic E-state index is 0.190. The van der Waals surface area contributed by atoms with Crippen LogP contribution in [0.5, 0.6) is 0 Å². The highest BCUT2D eigenvalue weighted by Gasteiger charge is 2.28. The molecule has 1 rings (SSSR count). The van der Waals surface area contributed by atoms with Gasteiger partial charge in [-0.15, -0.1) is 0 Å². The third-order valence-electron chi connectivity index (χ3n) is 2.79. The lowest BCUT2D eigenvalue weighted by Crippen LogP contribution is -2.26. The Morgan fingerprint density at radius 1 is 1.29 bits per heavy atom. The summed E-state index contributed by atoms with van der Waals surface area (Å²) in [7, 11) is 0. The molecule has 0 aliphatic carbocycles. The molecule has 1 aromatic carbocycles. The third kappa shape index (κ3) is 6.52. The molecule has 2 nitrogen and oxygen atoms in total. The summed E-state index contributed by atoms with van der Waals surface area (Å²) in [6.07, 6.45) is -3.63. The maximum absolute atomic E-state index is 12.4. The van der Waals surface area contributed by atoms with Crippen molar-refractivity contribution < 1.29 is 17.7 Å². The van der Waals surface area contributed by atoms with Crippen molar-refractivity contribution in [2.75, 3.05) is 0 Å². The fourth-order valence-corrected chi connectivity index (χ4v) is 2.22. The molecule has 0 radical (unpaired) electrons. The molecule has 21 heavy (non-hydrogen) atoms. The van der Waals surface area contributed by atoms with Gasteiger partial charge in [0, 0.05) is 5.92 Å². The summed E-state index contributed by atoms with van der Waals surface area (Å²) in [4.78, 5) is 0. The van der Waals surface area contributed by atoms with E-state index >= 15 is 0 Å². The first-order valence-corrected chi connectivity index (χ1v) is 7.71. The van der Waals surface area contributed by atoms with Crippen LogP contribution in [0.2, 0.25) is 0 Å². The first-order chi connectivity index (χ1) is 9.49. The van der Waals surface area contributed by atoms with Crippen LogP contribution in [-0.4, -0.2) is 21.7 Å². The average Bonchev–Trinajstić information content (AvgIpc) is 2.32. The van der Waals surface area contributed by atoms with Gasteiger partial charge in [-0.25, -0.2) is 0 Å². The molecule has 1 unspecified atom stereocenters. The Labute approximate surface area is 126 Å². The molecule has 0 fully saturated rings. The molecule has 0 bridgehead atoms. The van der Waals surface area contributed by atoms with E-state index in [1.165, 1.54) is 18.3 Å². The first kappa shape index (κ1) is 18.0. The largest absolute Gasteiger partial charge is 0.591 e. The molecule has 0 saturated carbocycles. The van der Waals surface area contributed by atoms with Crippen LogP contribution in [0.15, 0.2) is 28.7 Å². The van der Waals surface area contributed by atoms with Gasteiger partial charge in [-0.3, -0.25) is 0 Å². The predicted octanol–water partition coefficient (Wildman–Crippen LogP) is 4.43. The maximum atomic E-state index is 12.4. The topological polar surface area (TPSA) is 35.4 Å². The zero-order chi connectivity index (χ0) is 16.3. The first-order valence-electron chi connectivity index (χ1n) is 6.61. The Bertz CT molecular complexity index is 494. The van der Waals surface area contributed by atoms with Crippen LogP contribution >= 0.6 is 0 Å². The summed E-state index contributed by atoms with van der Waals surface area (Å²) in [5.41, 5.74) is 0.948. The van der Waals surface area contributed by atoms with E-state index in [1.807, 2.05) is 27.7 Å². The zero-order valence-corrected chi connectivity index (χ0v) is 13.4. The number of rotatable bonds is 4. The van der Waals surface area contributed by atoms with Crippen molar-refractivity contribution in [1.29, 1.82) is 0 Å². The van der Waals surface area contributed by atoms with Crippen LogP contribution in [0.25, 0.3) is 0 Å². The molecule has 1 aromatic rings. The van der Waals surface area contributed by atoms with Gasteiger partial charge >= 0.3 is 6.18 Å². The van der Waals surface area contributed by atoms with Crippen LogP contribution in [0, 0.1) is 0 Å². The monoisotopic (exact) mass is 319 g/mol. The van der Waals surface area contributed by atoms with Crippen LogP contribution in [-0.2, 0) is 17.8 Å². The Hall–Kier alpha value is -1.01. The van der Waals surface area contributed by atoms with Gasteiger partial charge in [0.2, 0.25) is 0 Å². The number of nitrogens with zero attached hydrogens (tertiary/aromatic N) is 1. The molecule has 0 N–H and O–H groups in total. The van der Waals surface area contributed by atoms with Gasteiger partial charge in [0.25, 0.3) is 0 Å². The number of hydrogen-bond donors (Lipinski definition) is 0. The summed E-state index contributed by atoms with van der Waals surface area (Å²) in [5, 5.41) is 0. The van der Waals surface area contributed by atoms with E-state index in [9.17, 15) is 17.7 Å². The van der Waals surface area contributed by atoms with Gasteiger partial charge in [0.05, 0.1) is 12.6 Å². The van der Waals surface area contributed by atoms with Crippen molar-refractivity contribution in [3.05, 3.63) is 35.4 Å². The predicted molar refractivity (Wildman–Crippen MR) is 81.0 cm³/mol. The second-order valence-electron chi connectivity index (χ2n) is 5.94. The van der Waals surface area contributed by atoms with Gasteiger partial charge in [-0.2, -0.15) is 13.2 Å². The SMILES string of the molecule is CC(/C=N\[S@+]([O-])C(C)(C)C)c1cccc(CC(F)(F)F)c1. The second kappa shape index (κ2) is 6.83. The molecule has 0 aliphatic rings. The van der Waals surface area contributed by atoms with Crippen molar-refractivity contribution in [3.63, 3.8) is 0 Å². The molecule has 0 heterocycles. The summed E-state index contributed by atoms with van der Waals surface area (Å²) < 4.78 is 52.5. The average molecular weight is 319 g/mol. The molecular weight excluding hydrogens is 299 g/mol. The van der Waals surface area contributed by atoms with E-state index in [0.717, 1.165) is 5.56 Å². The fourth-order valence-electron chi connectivity index (χ4n) is 1.61. The van der Waals surface area contributed by atoms with Gasteiger partial charge < -0.3 is 4.55 Å². The van der Waals surface area contributed by atoms with E-state index in [2.05, 4.69) is 4.40 Å². The summed E-state index contributed by atoms with van der Waals surface area (Å²) in [6, 6.07) is 6.32. The smallest absolute Gasteiger partial charge is 0.393 e. The van der Waals surface area contributed by atoms with Crippen LogP contribution in [0.3, 0.4) is 0 Å². The van der Waals surface area contributed by atoms with E-state index in [4.69, 9.17) is 0 Å². The normalized spacial score (nSPS) is 16.2. The number of benzene rings is 1. The molecule has 0 saturated heterocycles. The minimum Gasteiger partial charge on any atom is -0.591 e. The summed E-state index contributed by atoms with van der Waals surface area (Å²) in [6.45, 7) is 7.26. The van der Waals surface area contributed by atoms with Crippen LogP contribution < -0.4 is 0 Å². The van der Waals surface area contributed by atoms with Crippen LogP contribution in [0.1, 0.15) is 44.7 Å². The van der Waals surface area contributed by atoms with Crippen LogP contribution in [0.4, 0.5) is 13.2 Å². The van der Waals surface area contributed by atoms with Crippen molar-refractivity contribution in [2.45, 2.75) is 51.0 Å². The molecule has 118 valence electrons. The quantitative estimate of drug-likeness (QED) is 0.597. The molecule has 6 heteroatoms. The molecule has 0 amide bonds. The zero-order valence-electron chi connectivity index (χ0n) is 12.6. The Balaban J connectivity index is 2.81. The summed E-state index contributed by atoms with van der Waals surface area (Å²) in [5.74, 6) is -0.190. The highest BCUT2D eigenvalue weighted by atomic mass is 32.2. The fraction of sp³-hybridized carbons (Fsp3) is 0.533.